The third kappa shape index (κ3) is 6.12. The van der Waals surface area contributed by atoms with Gasteiger partial charge in [0.15, 0.2) is 0 Å². The number of aryl methyl sites for hydroxylation is 1. The fourth-order valence-corrected chi connectivity index (χ4v) is 1.76. The minimum absolute atomic E-state index is 0. The van der Waals surface area contributed by atoms with E-state index in [1.165, 1.54) is 0 Å². The number of halogens is 2. The number of hydrogen-bond donors (Lipinski definition) is 1. The van der Waals surface area contributed by atoms with Gasteiger partial charge in [0, 0.05) is 0 Å². The zero-order valence-corrected chi connectivity index (χ0v) is 12.4. The van der Waals surface area contributed by atoms with Gasteiger partial charge in [0.05, 0.1) is 15.8 Å². The van der Waals surface area contributed by atoms with E-state index in [2.05, 4.69) is 0 Å². The maximum absolute atomic E-state index is 10.5. The summed E-state index contributed by atoms with van der Waals surface area (Å²) in [5.74, 6) is -0.315. The number of rotatable bonds is 3. The first-order valence-electron chi connectivity index (χ1n) is 3.77. The van der Waals surface area contributed by atoms with Crippen molar-refractivity contribution in [2.75, 3.05) is 5.75 Å². The van der Waals surface area contributed by atoms with Gasteiger partial charge in [-0.25, -0.2) is 0 Å². The molecule has 0 spiro atoms. The molecule has 0 aliphatic carbocycles. The first-order chi connectivity index (χ1) is 6.38. The van der Waals surface area contributed by atoms with Crippen molar-refractivity contribution < 1.29 is 44.0 Å². The normalized spacial score (nSPS) is 10.9. The smallest absolute Gasteiger partial charge is 1.00 e. The molecule has 0 atom stereocenters. The van der Waals surface area contributed by atoms with Crippen LogP contribution in [0.4, 0.5) is 0 Å². The quantitative estimate of drug-likeness (QED) is 0.602. The maximum Gasteiger partial charge on any atom is 1.00 e. The molecule has 80 valence electrons. The van der Waals surface area contributed by atoms with Crippen molar-refractivity contribution in [3.63, 3.8) is 0 Å². The molecule has 0 saturated heterocycles. The van der Waals surface area contributed by atoms with E-state index in [4.69, 9.17) is 27.8 Å². The minimum atomic E-state index is -3.92. The molecular weight excluding hydrogens is 270 g/mol. The summed E-state index contributed by atoms with van der Waals surface area (Å²) in [6, 6.07) is 4.83. The molecule has 0 aliphatic rings. The average molecular weight is 279 g/mol. The second kappa shape index (κ2) is 6.45. The summed E-state index contributed by atoms with van der Waals surface area (Å²) in [4.78, 5) is 0. The Kier molecular flexibility index (Phi) is 6.75. The van der Waals surface area contributed by atoms with E-state index in [-0.39, 0.29) is 43.2 Å². The van der Waals surface area contributed by atoms with Crippen molar-refractivity contribution in [3.8, 4) is 0 Å². The summed E-state index contributed by atoms with van der Waals surface area (Å²) >= 11 is 11.4. The zero-order valence-electron chi connectivity index (χ0n) is 9.07. The summed E-state index contributed by atoms with van der Waals surface area (Å²) in [6.45, 7) is 0. The van der Waals surface area contributed by atoms with Crippen LogP contribution >= 0.6 is 23.2 Å². The Morgan fingerprint density at radius 2 is 1.87 bits per heavy atom. The molecule has 7 heteroatoms. The molecule has 0 aliphatic heterocycles. The van der Waals surface area contributed by atoms with Gasteiger partial charge in [-0.3, -0.25) is 4.55 Å². The van der Waals surface area contributed by atoms with Crippen molar-refractivity contribution in [1.82, 2.24) is 0 Å². The topological polar surface area (TPSA) is 54.4 Å². The standard InChI is InChI=1S/C8H8Cl2O3S.Na.H/c9-7-2-1-6(5-8(7)10)3-4-14(11,12)13;;/h1-2,5H,3-4H2,(H,11,12,13);;/q;+1;-1. The molecule has 0 amide bonds. The summed E-state index contributed by atoms with van der Waals surface area (Å²) in [5.41, 5.74) is 0.719. The van der Waals surface area contributed by atoms with E-state index >= 15 is 0 Å². The van der Waals surface area contributed by atoms with Crippen LogP contribution in [-0.4, -0.2) is 18.7 Å². The Bertz CT molecular complexity index is 439. The van der Waals surface area contributed by atoms with Crippen LogP contribution in [0.3, 0.4) is 0 Å². The van der Waals surface area contributed by atoms with E-state index < -0.39 is 10.1 Å². The van der Waals surface area contributed by atoms with E-state index in [9.17, 15) is 8.42 Å². The summed E-state index contributed by atoms with van der Waals surface area (Å²) in [6.07, 6.45) is 0.218. The maximum atomic E-state index is 10.5. The molecule has 0 fully saturated rings. The molecule has 1 rings (SSSR count). The molecule has 0 aromatic heterocycles. The predicted molar refractivity (Wildman–Crippen MR) is 57.7 cm³/mol. The van der Waals surface area contributed by atoms with Crippen molar-refractivity contribution in [1.29, 1.82) is 0 Å². The van der Waals surface area contributed by atoms with Gasteiger partial charge in [0.1, 0.15) is 0 Å². The molecule has 0 bridgehead atoms. The largest absolute Gasteiger partial charge is 1.00 e. The number of benzene rings is 1. The van der Waals surface area contributed by atoms with Gasteiger partial charge in [-0.1, -0.05) is 29.3 Å². The van der Waals surface area contributed by atoms with Gasteiger partial charge in [-0.15, -0.1) is 0 Å². The zero-order chi connectivity index (χ0) is 10.8. The van der Waals surface area contributed by atoms with Gasteiger partial charge < -0.3 is 1.43 Å². The fourth-order valence-electron chi connectivity index (χ4n) is 0.942. The van der Waals surface area contributed by atoms with Crippen molar-refractivity contribution in [2.24, 2.45) is 0 Å². The monoisotopic (exact) mass is 278 g/mol. The van der Waals surface area contributed by atoms with Crippen LogP contribution in [-0.2, 0) is 16.5 Å². The van der Waals surface area contributed by atoms with Crippen LogP contribution in [0.2, 0.25) is 10.0 Å². The van der Waals surface area contributed by atoms with E-state index in [1.54, 1.807) is 18.2 Å². The second-order valence-electron chi connectivity index (χ2n) is 2.78. The average Bonchev–Trinajstić information content (AvgIpc) is 2.06. The number of hydrogen-bond acceptors (Lipinski definition) is 2. The van der Waals surface area contributed by atoms with E-state index in [0.29, 0.717) is 10.0 Å². The van der Waals surface area contributed by atoms with Gasteiger partial charge in [-0.2, -0.15) is 8.42 Å². The van der Waals surface area contributed by atoms with Crippen LogP contribution in [0, 0.1) is 0 Å². The Hall–Kier alpha value is 0.710. The van der Waals surface area contributed by atoms with Gasteiger partial charge in [0.25, 0.3) is 10.1 Å². The molecule has 3 nitrogen and oxygen atoms in total. The third-order valence-corrected chi connectivity index (χ3v) is 3.09. The molecular formula is C8H9Cl2NaO3S. The summed E-state index contributed by atoms with van der Waals surface area (Å²) in [7, 11) is -3.92. The van der Waals surface area contributed by atoms with Crippen LogP contribution in [0.5, 0.6) is 0 Å². The Balaban J connectivity index is 0. The van der Waals surface area contributed by atoms with Crippen LogP contribution in [0.1, 0.15) is 6.99 Å². The molecule has 1 N–H and O–H groups in total. The fraction of sp³-hybridized carbons (Fsp3) is 0.250. The van der Waals surface area contributed by atoms with Crippen LogP contribution < -0.4 is 29.6 Å². The second-order valence-corrected chi connectivity index (χ2v) is 5.17. The SMILES string of the molecule is O=S(=O)(O)CCc1ccc(Cl)c(Cl)c1.[H-].[Na+]. The van der Waals surface area contributed by atoms with Crippen molar-refractivity contribution >= 4 is 33.3 Å². The van der Waals surface area contributed by atoms with E-state index in [1.807, 2.05) is 0 Å². The first-order valence-corrected chi connectivity index (χ1v) is 6.14. The minimum Gasteiger partial charge on any atom is -1.00 e. The van der Waals surface area contributed by atoms with Crippen molar-refractivity contribution in [2.45, 2.75) is 6.42 Å². The molecule has 0 heterocycles. The molecule has 15 heavy (non-hydrogen) atoms. The molecule has 0 saturated carbocycles. The van der Waals surface area contributed by atoms with E-state index in [0.717, 1.165) is 5.56 Å². The molecule has 1 aromatic rings. The molecule has 1 aromatic carbocycles. The van der Waals surface area contributed by atoms with Crippen LogP contribution in [0.15, 0.2) is 18.2 Å². The van der Waals surface area contributed by atoms with Crippen molar-refractivity contribution in [3.05, 3.63) is 33.8 Å². The van der Waals surface area contributed by atoms with Gasteiger partial charge >= 0.3 is 29.6 Å². The first kappa shape index (κ1) is 15.7. The molecule has 0 unspecified atom stereocenters. The Morgan fingerprint density at radius 1 is 1.27 bits per heavy atom. The summed E-state index contributed by atoms with van der Waals surface area (Å²) in [5, 5.41) is 0.793. The van der Waals surface area contributed by atoms with Gasteiger partial charge in [0.2, 0.25) is 0 Å². The predicted octanol–water partition coefficient (Wildman–Crippen LogP) is -0.460. The third-order valence-electron chi connectivity index (χ3n) is 1.63. The van der Waals surface area contributed by atoms with Crippen LogP contribution in [0.25, 0.3) is 0 Å². The van der Waals surface area contributed by atoms with Gasteiger partial charge in [-0.05, 0) is 24.1 Å². The summed E-state index contributed by atoms with van der Waals surface area (Å²) < 4.78 is 29.4. The Labute approximate surface area is 122 Å². The Morgan fingerprint density at radius 3 is 2.33 bits per heavy atom. The molecule has 0 radical (unpaired) electrons.